The fraction of sp³-hybridized carbons (Fsp3) is 0.0833. The Labute approximate surface area is 124 Å². The van der Waals surface area contributed by atoms with Crippen molar-refractivity contribution < 1.29 is 4.79 Å². The highest BCUT2D eigenvalue weighted by molar-refractivity contribution is 6.42. The van der Waals surface area contributed by atoms with Gasteiger partial charge in [0.15, 0.2) is 0 Å². The number of halogens is 3. The third-order valence-corrected chi connectivity index (χ3v) is 3.20. The summed E-state index contributed by atoms with van der Waals surface area (Å²) in [6, 6.07) is 6.50. The standard InChI is InChI=1S/C12H8Cl3N3O/c13-8-2-1-7(3-9(8)14)4-12(19)18-11-5-10(15)16-6-17-11/h1-3,5-6H,4H2,(H,16,17,18,19). The molecule has 0 unspecified atom stereocenters. The molecule has 1 N–H and O–H groups in total. The Morgan fingerprint density at radius 2 is 1.89 bits per heavy atom. The van der Waals surface area contributed by atoms with E-state index < -0.39 is 0 Å². The topological polar surface area (TPSA) is 54.9 Å². The largest absolute Gasteiger partial charge is 0.310 e. The molecule has 2 rings (SSSR count). The van der Waals surface area contributed by atoms with E-state index in [9.17, 15) is 4.79 Å². The summed E-state index contributed by atoms with van der Waals surface area (Å²) in [5.74, 6) is 0.123. The molecule has 0 radical (unpaired) electrons. The summed E-state index contributed by atoms with van der Waals surface area (Å²) in [5.41, 5.74) is 0.757. The van der Waals surface area contributed by atoms with Gasteiger partial charge in [-0.25, -0.2) is 9.97 Å². The van der Waals surface area contributed by atoms with E-state index in [1.54, 1.807) is 18.2 Å². The summed E-state index contributed by atoms with van der Waals surface area (Å²) < 4.78 is 0. The van der Waals surface area contributed by atoms with Crippen LogP contribution < -0.4 is 5.32 Å². The summed E-state index contributed by atoms with van der Waals surface area (Å²) in [6.45, 7) is 0. The summed E-state index contributed by atoms with van der Waals surface area (Å²) >= 11 is 17.4. The molecular formula is C12H8Cl3N3O. The maximum absolute atomic E-state index is 11.8. The molecule has 1 heterocycles. The number of nitrogens with zero attached hydrogens (tertiary/aromatic N) is 2. The van der Waals surface area contributed by atoms with Crippen molar-refractivity contribution in [3.63, 3.8) is 0 Å². The lowest BCUT2D eigenvalue weighted by Gasteiger charge is -2.05. The second kappa shape index (κ2) is 6.19. The highest BCUT2D eigenvalue weighted by atomic mass is 35.5. The predicted molar refractivity (Wildman–Crippen MR) is 75.8 cm³/mol. The highest BCUT2D eigenvalue weighted by Gasteiger charge is 2.07. The number of anilines is 1. The van der Waals surface area contributed by atoms with Crippen molar-refractivity contribution in [2.24, 2.45) is 0 Å². The van der Waals surface area contributed by atoms with Gasteiger partial charge in [0.2, 0.25) is 5.91 Å². The lowest BCUT2D eigenvalue weighted by atomic mass is 10.1. The number of nitrogens with one attached hydrogen (secondary N) is 1. The molecule has 19 heavy (non-hydrogen) atoms. The first kappa shape index (κ1) is 14.1. The molecule has 2 aromatic rings. The molecule has 0 spiro atoms. The molecule has 0 fully saturated rings. The Morgan fingerprint density at radius 1 is 1.11 bits per heavy atom. The van der Waals surface area contributed by atoms with Gasteiger partial charge in [-0.1, -0.05) is 40.9 Å². The molecule has 0 saturated heterocycles. The van der Waals surface area contributed by atoms with Crippen LogP contribution in [0.5, 0.6) is 0 Å². The minimum Gasteiger partial charge on any atom is -0.310 e. The Morgan fingerprint density at radius 3 is 2.58 bits per heavy atom. The average molecular weight is 317 g/mol. The molecule has 1 amide bonds. The van der Waals surface area contributed by atoms with E-state index >= 15 is 0 Å². The molecule has 1 aromatic heterocycles. The Balaban J connectivity index is 2.03. The van der Waals surface area contributed by atoms with E-state index in [0.717, 1.165) is 5.56 Å². The van der Waals surface area contributed by atoms with Gasteiger partial charge in [0, 0.05) is 6.07 Å². The molecule has 0 aliphatic heterocycles. The van der Waals surface area contributed by atoms with Crippen LogP contribution in [0.2, 0.25) is 15.2 Å². The molecular weight excluding hydrogens is 309 g/mol. The van der Waals surface area contributed by atoms with Crippen LogP contribution in [0.3, 0.4) is 0 Å². The lowest BCUT2D eigenvalue weighted by Crippen LogP contribution is -2.15. The molecule has 0 aliphatic rings. The molecule has 1 aromatic carbocycles. The normalized spacial score (nSPS) is 10.3. The van der Waals surface area contributed by atoms with Crippen molar-refractivity contribution in [3.8, 4) is 0 Å². The smallest absolute Gasteiger partial charge is 0.229 e. The van der Waals surface area contributed by atoms with Crippen LogP contribution in [-0.2, 0) is 11.2 Å². The van der Waals surface area contributed by atoms with Crippen molar-refractivity contribution in [1.82, 2.24) is 9.97 Å². The number of carbonyl (C=O) groups is 1. The van der Waals surface area contributed by atoms with E-state index in [2.05, 4.69) is 15.3 Å². The maximum Gasteiger partial charge on any atom is 0.229 e. The van der Waals surface area contributed by atoms with Crippen LogP contribution >= 0.6 is 34.8 Å². The SMILES string of the molecule is O=C(Cc1ccc(Cl)c(Cl)c1)Nc1cc(Cl)ncn1. The predicted octanol–water partition coefficient (Wildman–Crippen LogP) is 3.62. The van der Waals surface area contributed by atoms with Gasteiger partial charge in [-0.05, 0) is 17.7 Å². The fourth-order valence-electron chi connectivity index (χ4n) is 1.42. The Bertz CT molecular complexity index is 619. The molecule has 4 nitrogen and oxygen atoms in total. The summed E-state index contributed by atoms with van der Waals surface area (Å²) in [4.78, 5) is 19.4. The minimum absolute atomic E-state index is 0.165. The van der Waals surface area contributed by atoms with Gasteiger partial charge in [0.05, 0.1) is 16.5 Å². The van der Waals surface area contributed by atoms with Crippen LogP contribution in [0, 0.1) is 0 Å². The zero-order chi connectivity index (χ0) is 13.8. The van der Waals surface area contributed by atoms with E-state index in [0.29, 0.717) is 15.9 Å². The van der Waals surface area contributed by atoms with E-state index in [1.165, 1.54) is 12.4 Å². The van der Waals surface area contributed by atoms with Gasteiger partial charge < -0.3 is 5.32 Å². The van der Waals surface area contributed by atoms with Crippen LogP contribution in [0.4, 0.5) is 5.82 Å². The van der Waals surface area contributed by atoms with Gasteiger partial charge in [0.25, 0.3) is 0 Å². The molecule has 98 valence electrons. The number of aromatic nitrogens is 2. The second-order valence-electron chi connectivity index (χ2n) is 3.70. The van der Waals surface area contributed by atoms with Crippen LogP contribution in [-0.4, -0.2) is 15.9 Å². The number of rotatable bonds is 3. The van der Waals surface area contributed by atoms with Crippen LogP contribution in [0.25, 0.3) is 0 Å². The van der Waals surface area contributed by atoms with Crippen molar-refractivity contribution in [2.45, 2.75) is 6.42 Å². The molecule has 0 atom stereocenters. The third kappa shape index (κ3) is 4.06. The van der Waals surface area contributed by atoms with Crippen molar-refractivity contribution in [1.29, 1.82) is 0 Å². The number of carbonyl (C=O) groups excluding carboxylic acids is 1. The first-order valence-corrected chi connectivity index (χ1v) is 6.39. The second-order valence-corrected chi connectivity index (χ2v) is 4.90. The molecule has 0 saturated carbocycles. The lowest BCUT2D eigenvalue weighted by molar-refractivity contribution is -0.115. The number of hydrogen-bond donors (Lipinski definition) is 1. The first-order valence-electron chi connectivity index (χ1n) is 5.26. The van der Waals surface area contributed by atoms with E-state index in [4.69, 9.17) is 34.8 Å². The number of amides is 1. The zero-order valence-corrected chi connectivity index (χ0v) is 11.8. The number of benzene rings is 1. The van der Waals surface area contributed by atoms with E-state index in [-0.39, 0.29) is 17.5 Å². The highest BCUT2D eigenvalue weighted by Crippen LogP contribution is 2.22. The number of hydrogen-bond acceptors (Lipinski definition) is 3. The van der Waals surface area contributed by atoms with Crippen molar-refractivity contribution in [2.75, 3.05) is 5.32 Å². The quantitative estimate of drug-likeness (QED) is 0.880. The van der Waals surface area contributed by atoms with Crippen molar-refractivity contribution in [3.05, 3.63) is 51.4 Å². The van der Waals surface area contributed by atoms with Gasteiger partial charge >= 0.3 is 0 Å². The molecule has 0 aliphatic carbocycles. The van der Waals surface area contributed by atoms with Gasteiger partial charge in [-0.2, -0.15) is 0 Å². The Kier molecular flexibility index (Phi) is 4.58. The fourth-order valence-corrected chi connectivity index (χ4v) is 1.89. The summed E-state index contributed by atoms with van der Waals surface area (Å²) in [7, 11) is 0. The Hall–Kier alpha value is -1.36. The molecule has 7 heteroatoms. The average Bonchev–Trinajstić information content (AvgIpc) is 2.34. The third-order valence-electron chi connectivity index (χ3n) is 2.25. The van der Waals surface area contributed by atoms with Crippen LogP contribution in [0.1, 0.15) is 5.56 Å². The minimum atomic E-state index is -0.229. The zero-order valence-electron chi connectivity index (χ0n) is 9.53. The summed E-state index contributed by atoms with van der Waals surface area (Å²) in [6.07, 6.45) is 1.44. The molecule has 0 bridgehead atoms. The van der Waals surface area contributed by atoms with Crippen LogP contribution in [0.15, 0.2) is 30.6 Å². The van der Waals surface area contributed by atoms with Gasteiger partial charge in [-0.3, -0.25) is 4.79 Å². The van der Waals surface area contributed by atoms with Crippen molar-refractivity contribution >= 4 is 46.5 Å². The van der Waals surface area contributed by atoms with Gasteiger partial charge in [-0.15, -0.1) is 0 Å². The van der Waals surface area contributed by atoms with E-state index in [1.807, 2.05) is 0 Å². The van der Waals surface area contributed by atoms with Gasteiger partial charge in [0.1, 0.15) is 17.3 Å². The first-order chi connectivity index (χ1) is 9.04. The summed E-state index contributed by atoms with van der Waals surface area (Å²) in [5, 5.41) is 3.74. The monoisotopic (exact) mass is 315 g/mol. The maximum atomic E-state index is 11.8.